The van der Waals surface area contributed by atoms with Crippen molar-refractivity contribution >= 4 is 0 Å². The third kappa shape index (κ3) is 8.60. The van der Waals surface area contributed by atoms with Crippen molar-refractivity contribution < 1.29 is 4.74 Å². The highest BCUT2D eigenvalue weighted by atomic mass is 16.5. The molecule has 0 unspecified atom stereocenters. The quantitative estimate of drug-likeness (QED) is 0.325. The highest BCUT2D eigenvalue weighted by Gasteiger charge is 2.20. The number of hydrogen-bond acceptors (Lipinski definition) is 1. The summed E-state index contributed by atoms with van der Waals surface area (Å²) >= 11 is 0. The molecule has 0 heterocycles. The molecule has 1 fully saturated rings. The third-order valence-corrected chi connectivity index (χ3v) is 6.21. The first-order valence-corrected chi connectivity index (χ1v) is 11.5. The molecule has 2 rings (SSSR count). The van der Waals surface area contributed by atoms with E-state index in [4.69, 9.17) is 4.74 Å². The van der Waals surface area contributed by atoms with Gasteiger partial charge in [-0.1, -0.05) is 96.6 Å². The molecule has 1 saturated carbocycles. The minimum atomic E-state index is 0.845. The molecule has 1 nitrogen and oxygen atoms in total. The maximum absolute atomic E-state index is 5.76. The van der Waals surface area contributed by atoms with Crippen molar-refractivity contribution in [2.24, 2.45) is 11.8 Å². The maximum Gasteiger partial charge on any atom is 0.119 e. The Morgan fingerprint density at radius 2 is 1.35 bits per heavy atom. The summed E-state index contributed by atoms with van der Waals surface area (Å²) in [6.07, 6.45) is 19.5. The Morgan fingerprint density at radius 3 is 2.00 bits per heavy atom. The minimum Gasteiger partial charge on any atom is -0.494 e. The van der Waals surface area contributed by atoms with Crippen molar-refractivity contribution in [3.63, 3.8) is 0 Å². The van der Waals surface area contributed by atoms with Gasteiger partial charge in [0, 0.05) is 0 Å². The van der Waals surface area contributed by atoms with E-state index in [0.717, 1.165) is 30.6 Å². The lowest BCUT2D eigenvalue weighted by Crippen LogP contribution is -2.15. The van der Waals surface area contributed by atoms with Crippen molar-refractivity contribution in [2.75, 3.05) is 6.61 Å². The molecule has 1 aliphatic carbocycles. The van der Waals surface area contributed by atoms with Gasteiger partial charge in [-0.15, -0.1) is 0 Å². The van der Waals surface area contributed by atoms with Gasteiger partial charge >= 0.3 is 0 Å². The SMILES string of the molecule is CCCCCCC[C@H]1CC[C@H](CCc2ccc(OCCCC)cc2)CC1. The first-order valence-electron chi connectivity index (χ1n) is 11.5. The van der Waals surface area contributed by atoms with E-state index in [9.17, 15) is 0 Å². The summed E-state index contributed by atoms with van der Waals surface area (Å²) in [5, 5.41) is 0. The normalized spacial score (nSPS) is 20.2. The fraction of sp³-hybridized carbons (Fsp3) is 0.760. The first kappa shape index (κ1) is 21.3. The van der Waals surface area contributed by atoms with Gasteiger partial charge in [-0.2, -0.15) is 0 Å². The van der Waals surface area contributed by atoms with E-state index in [1.54, 1.807) is 0 Å². The summed E-state index contributed by atoms with van der Waals surface area (Å²) in [5.41, 5.74) is 1.48. The molecule has 0 aliphatic heterocycles. The Kier molecular flexibility index (Phi) is 10.8. The summed E-state index contributed by atoms with van der Waals surface area (Å²) < 4.78 is 5.76. The second-order valence-corrected chi connectivity index (χ2v) is 8.47. The number of hydrogen-bond donors (Lipinski definition) is 0. The Hall–Kier alpha value is -0.980. The summed E-state index contributed by atoms with van der Waals surface area (Å²) in [6.45, 7) is 5.35. The number of rotatable bonds is 13. The predicted octanol–water partition coefficient (Wildman–Crippen LogP) is 7.97. The average Bonchev–Trinajstić information content (AvgIpc) is 2.68. The van der Waals surface area contributed by atoms with Crippen molar-refractivity contribution in [1.82, 2.24) is 0 Å². The second-order valence-electron chi connectivity index (χ2n) is 8.47. The van der Waals surface area contributed by atoms with E-state index >= 15 is 0 Å². The van der Waals surface area contributed by atoms with Gasteiger partial charge < -0.3 is 4.74 Å². The van der Waals surface area contributed by atoms with E-state index in [2.05, 4.69) is 38.1 Å². The van der Waals surface area contributed by atoms with Crippen LogP contribution in [0.5, 0.6) is 5.75 Å². The van der Waals surface area contributed by atoms with Crippen molar-refractivity contribution in [2.45, 2.75) is 104 Å². The molecule has 1 heteroatoms. The Labute approximate surface area is 162 Å². The second kappa shape index (κ2) is 13.2. The van der Waals surface area contributed by atoms with Gasteiger partial charge in [0.2, 0.25) is 0 Å². The number of benzene rings is 1. The summed E-state index contributed by atoms with van der Waals surface area (Å²) in [6, 6.07) is 8.84. The van der Waals surface area contributed by atoms with Crippen LogP contribution in [0.3, 0.4) is 0 Å². The molecule has 1 aromatic rings. The van der Waals surface area contributed by atoms with Crippen LogP contribution >= 0.6 is 0 Å². The first-order chi connectivity index (χ1) is 12.8. The van der Waals surface area contributed by atoms with Crippen LogP contribution in [0.25, 0.3) is 0 Å². The maximum atomic E-state index is 5.76. The van der Waals surface area contributed by atoms with E-state index in [1.165, 1.54) is 89.0 Å². The Balaban J connectivity index is 1.56. The lowest BCUT2D eigenvalue weighted by atomic mass is 9.78. The standard InChI is InChI=1S/C25H42O/c1-3-5-7-8-9-10-22-11-13-23(14-12-22)15-16-24-17-19-25(20-18-24)26-21-6-4-2/h17-20,22-23H,3-16,21H2,1-2H3/t22-,23-. The number of ether oxygens (including phenoxy) is 1. The van der Waals surface area contributed by atoms with Crippen LogP contribution < -0.4 is 4.74 Å². The third-order valence-electron chi connectivity index (χ3n) is 6.21. The van der Waals surface area contributed by atoms with Gasteiger partial charge in [0.15, 0.2) is 0 Å². The molecule has 0 bridgehead atoms. The monoisotopic (exact) mass is 358 g/mol. The van der Waals surface area contributed by atoms with Crippen molar-refractivity contribution in [1.29, 1.82) is 0 Å². The molecular weight excluding hydrogens is 316 g/mol. The molecule has 1 aliphatic rings. The fourth-order valence-electron chi connectivity index (χ4n) is 4.30. The smallest absolute Gasteiger partial charge is 0.119 e. The minimum absolute atomic E-state index is 0.845. The van der Waals surface area contributed by atoms with Crippen molar-refractivity contribution in [3.8, 4) is 5.75 Å². The molecule has 0 amide bonds. The van der Waals surface area contributed by atoms with Crippen LogP contribution in [0.1, 0.15) is 103 Å². The summed E-state index contributed by atoms with van der Waals surface area (Å²) in [7, 11) is 0. The molecule has 0 spiro atoms. The highest BCUT2D eigenvalue weighted by molar-refractivity contribution is 5.27. The van der Waals surface area contributed by atoms with Crippen LogP contribution in [0.4, 0.5) is 0 Å². The molecule has 0 atom stereocenters. The zero-order valence-corrected chi connectivity index (χ0v) is 17.5. The van der Waals surface area contributed by atoms with Crippen LogP contribution in [0.15, 0.2) is 24.3 Å². The van der Waals surface area contributed by atoms with E-state index in [1.807, 2.05) is 0 Å². The van der Waals surface area contributed by atoms with Crippen LogP contribution in [-0.4, -0.2) is 6.61 Å². The van der Waals surface area contributed by atoms with Gasteiger partial charge in [-0.05, 0) is 48.8 Å². The molecule has 148 valence electrons. The highest BCUT2D eigenvalue weighted by Crippen LogP contribution is 2.34. The molecule has 0 aromatic heterocycles. The summed E-state index contributed by atoms with van der Waals surface area (Å²) in [4.78, 5) is 0. The van der Waals surface area contributed by atoms with Gasteiger partial charge in [0.1, 0.15) is 5.75 Å². The van der Waals surface area contributed by atoms with E-state index in [-0.39, 0.29) is 0 Å². The number of unbranched alkanes of at least 4 members (excludes halogenated alkanes) is 5. The molecule has 1 aromatic carbocycles. The largest absolute Gasteiger partial charge is 0.494 e. The Morgan fingerprint density at radius 1 is 0.731 bits per heavy atom. The molecule has 26 heavy (non-hydrogen) atoms. The zero-order valence-electron chi connectivity index (χ0n) is 17.5. The lowest BCUT2D eigenvalue weighted by Gasteiger charge is -2.28. The van der Waals surface area contributed by atoms with Gasteiger partial charge in [-0.3, -0.25) is 0 Å². The van der Waals surface area contributed by atoms with Crippen LogP contribution in [0, 0.1) is 11.8 Å². The zero-order chi connectivity index (χ0) is 18.5. The predicted molar refractivity (Wildman–Crippen MR) is 114 cm³/mol. The molecule has 0 radical (unpaired) electrons. The number of aryl methyl sites for hydroxylation is 1. The summed E-state index contributed by atoms with van der Waals surface area (Å²) in [5.74, 6) is 3.03. The molecule has 0 N–H and O–H groups in total. The topological polar surface area (TPSA) is 9.23 Å². The average molecular weight is 359 g/mol. The lowest BCUT2D eigenvalue weighted by molar-refractivity contribution is 0.248. The Bertz CT molecular complexity index is 442. The van der Waals surface area contributed by atoms with Crippen LogP contribution in [-0.2, 0) is 6.42 Å². The van der Waals surface area contributed by atoms with Crippen LogP contribution in [0.2, 0.25) is 0 Å². The van der Waals surface area contributed by atoms with Gasteiger partial charge in [0.25, 0.3) is 0 Å². The fourth-order valence-corrected chi connectivity index (χ4v) is 4.30. The molecule has 0 saturated heterocycles. The van der Waals surface area contributed by atoms with Gasteiger partial charge in [0.05, 0.1) is 6.61 Å². The van der Waals surface area contributed by atoms with E-state index < -0.39 is 0 Å². The molecular formula is C25H42O. The van der Waals surface area contributed by atoms with E-state index in [0.29, 0.717) is 0 Å². The van der Waals surface area contributed by atoms with Crippen molar-refractivity contribution in [3.05, 3.63) is 29.8 Å². The van der Waals surface area contributed by atoms with Gasteiger partial charge in [-0.25, -0.2) is 0 Å².